The zero-order valence-electron chi connectivity index (χ0n) is 5.80. The maximum atomic E-state index is 5.30. The summed E-state index contributed by atoms with van der Waals surface area (Å²) < 4.78 is 0. The first kappa shape index (κ1) is 11.0. The van der Waals surface area contributed by atoms with Crippen molar-refractivity contribution in [3.8, 4) is 0 Å². The van der Waals surface area contributed by atoms with Crippen LogP contribution in [0.5, 0.6) is 0 Å². The molecule has 0 aliphatic heterocycles. The molecule has 0 saturated carbocycles. The third-order valence-electron chi connectivity index (χ3n) is 1.18. The molecule has 0 atom stereocenters. The van der Waals surface area contributed by atoms with Gasteiger partial charge in [0.2, 0.25) is 0 Å². The van der Waals surface area contributed by atoms with Gasteiger partial charge in [0.15, 0.2) is 0 Å². The van der Waals surface area contributed by atoms with Crippen molar-refractivity contribution in [1.29, 1.82) is 0 Å². The van der Waals surface area contributed by atoms with Crippen molar-refractivity contribution in [3.05, 3.63) is 30.3 Å². The Hall–Kier alpha value is -0.0200. The maximum absolute atomic E-state index is 5.30. The van der Waals surface area contributed by atoms with Crippen LogP contribution in [0.25, 0.3) is 0 Å². The molecule has 0 bridgehead atoms. The van der Waals surface area contributed by atoms with E-state index in [2.05, 4.69) is 11.4 Å². The molecule has 1 radical (unpaired) electrons. The third kappa shape index (κ3) is 4.43. The molecule has 1 aromatic carbocycles. The molecule has 55 valence electrons. The Morgan fingerprint density at radius 2 is 2.36 bits per heavy atom. The van der Waals surface area contributed by atoms with Gasteiger partial charge in [-0.15, -0.1) is 0 Å². The number of hydrogen-bond donors (Lipinski definition) is 2. The molecule has 0 spiro atoms. The zero-order chi connectivity index (χ0) is 7.23. The fourth-order valence-corrected chi connectivity index (χ4v) is 0.720. The molecular weight excluding hydrogens is 147 g/mol. The van der Waals surface area contributed by atoms with E-state index in [4.69, 9.17) is 5.73 Å². The molecule has 3 N–H and O–H groups in total. The van der Waals surface area contributed by atoms with Crippen LogP contribution in [0.4, 0.5) is 5.69 Å². The predicted octanol–water partition coefficient (Wildman–Crippen LogP) is 0.209. The summed E-state index contributed by atoms with van der Waals surface area (Å²) in [6.07, 6.45) is 0. The fraction of sp³-hybridized carbons (Fsp3) is 0.250. The van der Waals surface area contributed by atoms with Crippen LogP contribution in [-0.4, -0.2) is 42.6 Å². The van der Waals surface area contributed by atoms with Crippen molar-refractivity contribution < 1.29 is 0 Å². The molecule has 3 heteroatoms. The van der Waals surface area contributed by atoms with Crippen molar-refractivity contribution in [2.45, 2.75) is 0 Å². The number of rotatable bonds is 3. The van der Waals surface area contributed by atoms with Crippen LogP contribution in [0.3, 0.4) is 0 Å². The van der Waals surface area contributed by atoms with Crippen LogP contribution >= 0.6 is 0 Å². The first-order valence-corrected chi connectivity index (χ1v) is 3.33. The Kier molecular flexibility index (Phi) is 6.66. The van der Waals surface area contributed by atoms with E-state index in [1.54, 1.807) is 0 Å². The first-order valence-electron chi connectivity index (χ1n) is 3.33. The summed E-state index contributed by atoms with van der Waals surface area (Å²) in [5.74, 6) is 0. The van der Waals surface area contributed by atoms with Gasteiger partial charge in [-0.3, -0.25) is 0 Å². The summed E-state index contributed by atoms with van der Waals surface area (Å²) >= 11 is 0. The standard InChI is InChI=1S/C8H11N2.Na.H/c9-6-7-10-8-4-2-1-3-5-8;;/h1-2,4-5,10H,6-7,9H2;;. The third-order valence-corrected chi connectivity index (χ3v) is 1.18. The molecular formula is C8H12N2Na. The molecule has 0 aromatic heterocycles. The van der Waals surface area contributed by atoms with Crippen LogP contribution < -0.4 is 11.1 Å². The summed E-state index contributed by atoms with van der Waals surface area (Å²) in [5, 5.41) is 3.14. The van der Waals surface area contributed by atoms with Crippen LogP contribution in [-0.2, 0) is 0 Å². The molecule has 1 rings (SSSR count). The molecule has 1 aromatic rings. The second-order valence-corrected chi connectivity index (χ2v) is 2.01. The zero-order valence-corrected chi connectivity index (χ0v) is 5.80. The number of benzene rings is 1. The van der Waals surface area contributed by atoms with E-state index < -0.39 is 0 Å². The van der Waals surface area contributed by atoms with Crippen LogP contribution in [0.1, 0.15) is 0 Å². The number of nitrogens with one attached hydrogen (secondary N) is 1. The number of nitrogens with two attached hydrogens (primary N) is 1. The summed E-state index contributed by atoms with van der Waals surface area (Å²) in [4.78, 5) is 0. The average Bonchev–Trinajstić information content (AvgIpc) is 2.03. The summed E-state index contributed by atoms with van der Waals surface area (Å²) in [6, 6.07) is 10.7. The van der Waals surface area contributed by atoms with E-state index in [1.165, 1.54) is 0 Å². The Balaban J connectivity index is 0.000001000. The topological polar surface area (TPSA) is 38.0 Å². The molecule has 0 aliphatic rings. The summed E-state index contributed by atoms with van der Waals surface area (Å²) in [7, 11) is 0. The van der Waals surface area contributed by atoms with Crippen molar-refractivity contribution in [2.24, 2.45) is 5.73 Å². The van der Waals surface area contributed by atoms with Crippen LogP contribution in [0.2, 0.25) is 0 Å². The molecule has 2 nitrogen and oxygen atoms in total. The fourth-order valence-electron chi connectivity index (χ4n) is 0.720. The molecule has 0 amide bonds. The number of anilines is 1. The van der Waals surface area contributed by atoms with E-state index in [0.717, 1.165) is 12.2 Å². The Morgan fingerprint density at radius 3 is 2.91 bits per heavy atom. The van der Waals surface area contributed by atoms with Gasteiger partial charge in [0.05, 0.1) is 0 Å². The van der Waals surface area contributed by atoms with E-state index in [0.29, 0.717) is 6.54 Å². The van der Waals surface area contributed by atoms with Gasteiger partial charge in [0.1, 0.15) is 0 Å². The van der Waals surface area contributed by atoms with Gasteiger partial charge >= 0.3 is 29.6 Å². The van der Waals surface area contributed by atoms with Gasteiger partial charge in [0.25, 0.3) is 0 Å². The van der Waals surface area contributed by atoms with E-state index in [-0.39, 0.29) is 29.6 Å². The van der Waals surface area contributed by atoms with Crippen molar-refractivity contribution in [3.63, 3.8) is 0 Å². The Morgan fingerprint density at radius 1 is 1.55 bits per heavy atom. The minimum atomic E-state index is 0. The molecule has 0 unspecified atom stereocenters. The first-order chi connectivity index (χ1) is 4.93. The monoisotopic (exact) mass is 159 g/mol. The van der Waals surface area contributed by atoms with Gasteiger partial charge < -0.3 is 11.1 Å². The Bertz CT molecular complexity index is 177. The quantitative estimate of drug-likeness (QED) is 0.619. The molecule has 0 heterocycles. The molecule has 0 aliphatic carbocycles. The second-order valence-electron chi connectivity index (χ2n) is 2.01. The number of hydrogen-bond acceptors (Lipinski definition) is 2. The SMILES string of the molecule is NCCNc1c[c]ccc1.[NaH]. The van der Waals surface area contributed by atoms with Gasteiger partial charge in [-0.05, 0) is 18.2 Å². The summed E-state index contributed by atoms with van der Waals surface area (Å²) in [5.41, 5.74) is 6.38. The van der Waals surface area contributed by atoms with Crippen molar-refractivity contribution in [2.75, 3.05) is 18.4 Å². The van der Waals surface area contributed by atoms with Crippen molar-refractivity contribution >= 4 is 35.2 Å². The van der Waals surface area contributed by atoms with Gasteiger partial charge in [-0.1, -0.05) is 12.1 Å². The minimum absolute atomic E-state index is 0. The van der Waals surface area contributed by atoms with E-state index >= 15 is 0 Å². The van der Waals surface area contributed by atoms with Gasteiger partial charge in [-0.2, -0.15) is 0 Å². The second kappa shape index (κ2) is 6.68. The summed E-state index contributed by atoms with van der Waals surface area (Å²) in [6.45, 7) is 1.48. The van der Waals surface area contributed by atoms with Gasteiger partial charge in [0, 0.05) is 18.8 Å². The van der Waals surface area contributed by atoms with Gasteiger partial charge in [-0.25, -0.2) is 0 Å². The van der Waals surface area contributed by atoms with E-state index in [1.807, 2.05) is 24.3 Å². The van der Waals surface area contributed by atoms with E-state index in [9.17, 15) is 0 Å². The average molecular weight is 159 g/mol. The van der Waals surface area contributed by atoms with Crippen molar-refractivity contribution in [1.82, 2.24) is 0 Å². The van der Waals surface area contributed by atoms with Crippen LogP contribution in [0.15, 0.2) is 24.3 Å². The molecule has 11 heavy (non-hydrogen) atoms. The van der Waals surface area contributed by atoms with Crippen LogP contribution in [0, 0.1) is 6.07 Å². The Labute approximate surface area is 89.5 Å². The predicted molar refractivity (Wildman–Crippen MR) is 50.0 cm³/mol. The normalized spacial score (nSPS) is 8.45. The molecule has 0 fully saturated rings. The molecule has 0 saturated heterocycles.